The molecule has 0 aromatic heterocycles. The van der Waals surface area contributed by atoms with E-state index in [1.54, 1.807) is 13.1 Å². The number of hydrogen-bond donors (Lipinski definition) is 3. The number of piperidine rings is 1. The third kappa shape index (κ3) is 8.78. The first-order valence-corrected chi connectivity index (χ1v) is 10.1. The van der Waals surface area contributed by atoms with E-state index in [4.69, 9.17) is 0 Å². The molecule has 0 bridgehead atoms. The molecule has 152 valence electrons. The molecule has 1 aliphatic rings. The Morgan fingerprint density at radius 3 is 2.59 bits per heavy atom. The van der Waals surface area contributed by atoms with Crippen LogP contribution in [0.2, 0.25) is 0 Å². The monoisotopic (exact) mass is 551 g/mol. The lowest BCUT2D eigenvalue weighted by molar-refractivity contribution is 0.0954. The van der Waals surface area contributed by atoms with Crippen LogP contribution in [0.5, 0.6) is 0 Å². The van der Waals surface area contributed by atoms with E-state index in [1.807, 2.05) is 18.2 Å². The lowest BCUT2D eigenvalue weighted by Crippen LogP contribution is -2.49. The van der Waals surface area contributed by atoms with Crippen molar-refractivity contribution in [1.29, 1.82) is 0 Å². The molecular formula is C19H31BrIN5O. The third-order valence-corrected chi connectivity index (χ3v) is 4.97. The Kier molecular flexibility index (Phi) is 11.9. The van der Waals surface area contributed by atoms with Gasteiger partial charge in [-0.2, -0.15) is 0 Å². The van der Waals surface area contributed by atoms with Crippen molar-refractivity contribution in [2.45, 2.75) is 32.2 Å². The lowest BCUT2D eigenvalue weighted by Gasteiger charge is -2.32. The third-order valence-electron chi connectivity index (χ3n) is 4.48. The Morgan fingerprint density at radius 2 is 1.96 bits per heavy atom. The summed E-state index contributed by atoms with van der Waals surface area (Å²) in [5.41, 5.74) is 0.653. The molecule has 1 aromatic rings. The van der Waals surface area contributed by atoms with Crippen LogP contribution in [-0.4, -0.2) is 62.6 Å². The van der Waals surface area contributed by atoms with Gasteiger partial charge in [-0.3, -0.25) is 9.79 Å². The van der Waals surface area contributed by atoms with Gasteiger partial charge in [0.25, 0.3) is 5.91 Å². The van der Waals surface area contributed by atoms with Crippen LogP contribution >= 0.6 is 39.9 Å². The maximum atomic E-state index is 12.1. The number of aliphatic imine (C=N–C) groups is 1. The average Bonchev–Trinajstić information content (AvgIpc) is 2.65. The Morgan fingerprint density at radius 1 is 1.26 bits per heavy atom. The second-order valence-corrected chi connectivity index (χ2v) is 7.44. The zero-order valence-corrected chi connectivity index (χ0v) is 20.0. The van der Waals surface area contributed by atoms with Gasteiger partial charge in [0.2, 0.25) is 0 Å². The van der Waals surface area contributed by atoms with E-state index in [0.717, 1.165) is 36.4 Å². The van der Waals surface area contributed by atoms with Gasteiger partial charge in [-0.1, -0.05) is 28.9 Å². The minimum Gasteiger partial charge on any atom is -0.355 e. The van der Waals surface area contributed by atoms with Crippen molar-refractivity contribution in [3.63, 3.8) is 0 Å². The minimum absolute atomic E-state index is 0. The highest BCUT2D eigenvalue weighted by atomic mass is 127. The fourth-order valence-corrected chi connectivity index (χ4v) is 3.49. The number of carbonyl (C=O) groups excluding carboxylic acids is 1. The Balaban J connectivity index is 0.00000364. The summed E-state index contributed by atoms with van der Waals surface area (Å²) < 4.78 is 0.901. The van der Waals surface area contributed by atoms with Crippen LogP contribution in [0, 0.1) is 0 Å². The molecule has 1 amide bonds. The van der Waals surface area contributed by atoms with Gasteiger partial charge in [0, 0.05) is 49.3 Å². The van der Waals surface area contributed by atoms with Gasteiger partial charge < -0.3 is 20.9 Å². The van der Waals surface area contributed by atoms with Gasteiger partial charge in [-0.15, -0.1) is 24.0 Å². The number of nitrogens with one attached hydrogen (secondary N) is 3. The summed E-state index contributed by atoms with van der Waals surface area (Å²) in [7, 11) is 1.78. The molecule has 3 N–H and O–H groups in total. The molecule has 1 heterocycles. The summed E-state index contributed by atoms with van der Waals surface area (Å²) >= 11 is 3.38. The number of carbonyl (C=O) groups is 1. The smallest absolute Gasteiger partial charge is 0.251 e. The second-order valence-electron chi connectivity index (χ2n) is 6.53. The molecule has 0 aliphatic carbocycles. The van der Waals surface area contributed by atoms with Crippen LogP contribution in [0.1, 0.15) is 36.5 Å². The molecule has 1 aliphatic heterocycles. The molecule has 1 saturated heterocycles. The first-order valence-electron chi connectivity index (χ1n) is 9.35. The number of nitrogens with zero attached hydrogens (tertiary/aromatic N) is 2. The highest BCUT2D eigenvalue weighted by Gasteiger charge is 2.19. The Bertz CT molecular complexity index is 606. The summed E-state index contributed by atoms with van der Waals surface area (Å²) in [6.45, 7) is 6.88. The largest absolute Gasteiger partial charge is 0.355 e. The molecule has 2 rings (SSSR count). The molecule has 1 aromatic carbocycles. The average molecular weight is 552 g/mol. The van der Waals surface area contributed by atoms with E-state index in [1.165, 1.54) is 13.0 Å². The van der Waals surface area contributed by atoms with E-state index < -0.39 is 0 Å². The predicted octanol–water partition coefficient (Wildman–Crippen LogP) is 2.84. The fraction of sp³-hybridized carbons (Fsp3) is 0.579. The van der Waals surface area contributed by atoms with Crippen molar-refractivity contribution in [1.82, 2.24) is 20.9 Å². The second kappa shape index (κ2) is 13.3. The summed E-state index contributed by atoms with van der Waals surface area (Å²) in [5, 5.41) is 9.68. The van der Waals surface area contributed by atoms with Crippen molar-refractivity contribution in [2.75, 3.05) is 39.8 Å². The van der Waals surface area contributed by atoms with Gasteiger partial charge in [0.1, 0.15) is 0 Å². The van der Waals surface area contributed by atoms with Crippen LogP contribution in [-0.2, 0) is 0 Å². The number of likely N-dealkylation sites (tertiary alicyclic amines) is 1. The molecule has 27 heavy (non-hydrogen) atoms. The molecule has 0 atom stereocenters. The Hall–Kier alpha value is -0.870. The van der Waals surface area contributed by atoms with Crippen LogP contribution in [0.3, 0.4) is 0 Å². The standard InChI is InChI=1S/C19H30BrN5O.HI/c1-3-11-25-12-7-17(8-13-25)24-19(21-2)23-10-9-22-18(26)15-5-4-6-16(20)14-15;/h4-6,14,17H,3,7-13H2,1-2H3,(H,22,26)(H2,21,23,24);1H. The van der Waals surface area contributed by atoms with Gasteiger partial charge in [0.05, 0.1) is 0 Å². The van der Waals surface area contributed by atoms with Crippen LogP contribution in [0.4, 0.5) is 0 Å². The van der Waals surface area contributed by atoms with E-state index >= 15 is 0 Å². The molecule has 0 radical (unpaired) electrons. The van der Waals surface area contributed by atoms with Crippen molar-refractivity contribution in [3.8, 4) is 0 Å². The number of hydrogen-bond acceptors (Lipinski definition) is 3. The van der Waals surface area contributed by atoms with Crippen LogP contribution in [0.25, 0.3) is 0 Å². The maximum absolute atomic E-state index is 12.1. The van der Waals surface area contributed by atoms with Gasteiger partial charge in [0.15, 0.2) is 5.96 Å². The van der Waals surface area contributed by atoms with Crippen molar-refractivity contribution >= 4 is 51.8 Å². The maximum Gasteiger partial charge on any atom is 0.251 e. The topological polar surface area (TPSA) is 68.8 Å². The normalized spacial score (nSPS) is 15.7. The van der Waals surface area contributed by atoms with E-state index in [0.29, 0.717) is 24.7 Å². The number of amides is 1. The molecular weight excluding hydrogens is 521 g/mol. The molecule has 8 heteroatoms. The SMILES string of the molecule is CCCN1CCC(NC(=NC)NCCNC(=O)c2cccc(Br)c2)CC1.I. The van der Waals surface area contributed by atoms with Gasteiger partial charge in [-0.25, -0.2) is 0 Å². The minimum atomic E-state index is -0.0701. The summed E-state index contributed by atoms with van der Waals surface area (Å²) in [6.07, 6.45) is 3.49. The molecule has 0 saturated carbocycles. The van der Waals surface area contributed by atoms with Crippen molar-refractivity contribution in [3.05, 3.63) is 34.3 Å². The molecule has 6 nitrogen and oxygen atoms in total. The molecule has 0 unspecified atom stereocenters. The van der Waals surface area contributed by atoms with Crippen molar-refractivity contribution < 1.29 is 4.79 Å². The highest BCUT2D eigenvalue weighted by molar-refractivity contribution is 14.0. The number of guanidine groups is 1. The Labute approximate surface area is 188 Å². The van der Waals surface area contributed by atoms with Gasteiger partial charge in [-0.05, 0) is 44.0 Å². The first kappa shape index (κ1) is 24.2. The summed E-state index contributed by atoms with van der Waals surface area (Å²) in [5.74, 6) is 0.731. The summed E-state index contributed by atoms with van der Waals surface area (Å²) in [6, 6.07) is 7.84. The van der Waals surface area contributed by atoms with E-state index in [2.05, 4.69) is 48.7 Å². The number of halogens is 2. The van der Waals surface area contributed by atoms with E-state index in [-0.39, 0.29) is 29.9 Å². The zero-order valence-electron chi connectivity index (χ0n) is 16.1. The summed E-state index contributed by atoms with van der Waals surface area (Å²) in [4.78, 5) is 18.9. The number of rotatable bonds is 7. The molecule has 0 spiro atoms. The van der Waals surface area contributed by atoms with Gasteiger partial charge >= 0.3 is 0 Å². The lowest BCUT2D eigenvalue weighted by atomic mass is 10.1. The highest BCUT2D eigenvalue weighted by Crippen LogP contribution is 2.11. The van der Waals surface area contributed by atoms with Crippen LogP contribution in [0.15, 0.2) is 33.7 Å². The zero-order chi connectivity index (χ0) is 18.8. The van der Waals surface area contributed by atoms with Crippen molar-refractivity contribution in [2.24, 2.45) is 4.99 Å². The first-order chi connectivity index (χ1) is 12.6. The van der Waals surface area contributed by atoms with E-state index in [9.17, 15) is 4.79 Å². The molecule has 1 fully saturated rings. The predicted molar refractivity (Wildman–Crippen MR) is 126 cm³/mol. The fourth-order valence-electron chi connectivity index (χ4n) is 3.09. The number of benzene rings is 1. The van der Waals surface area contributed by atoms with Crippen LogP contribution < -0.4 is 16.0 Å². The quantitative estimate of drug-likeness (QED) is 0.211.